The van der Waals surface area contributed by atoms with Gasteiger partial charge < -0.3 is 20.5 Å². The van der Waals surface area contributed by atoms with Crippen molar-refractivity contribution in [3.8, 4) is 5.75 Å². The van der Waals surface area contributed by atoms with Crippen molar-refractivity contribution < 1.29 is 27.8 Å². The molecule has 0 radical (unpaired) electrons. The summed E-state index contributed by atoms with van der Waals surface area (Å²) in [7, 11) is 0. The van der Waals surface area contributed by atoms with E-state index in [2.05, 4.69) is 10.1 Å². The lowest BCUT2D eigenvalue weighted by molar-refractivity contribution is 0.0599. The fourth-order valence-corrected chi connectivity index (χ4v) is 2.12. The minimum atomic E-state index is -0.725. The monoisotopic (exact) mass is 408 g/mol. The van der Waals surface area contributed by atoms with E-state index in [-0.39, 0.29) is 23.7 Å². The van der Waals surface area contributed by atoms with E-state index < -0.39 is 23.4 Å². The molecule has 0 fully saturated rings. The summed E-state index contributed by atoms with van der Waals surface area (Å²) in [6, 6.07) is 9.98. The molecule has 158 valence electrons. The molecule has 0 atom stereocenters. The first kappa shape index (κ1) is 23.9. The van der Waals surface area contributed by atoms with Crippen LogP contribution in [-0.2, 0) is 11.3 Å². The second-order valence-corrected chi connectivity index (χ2v) is 6.95. The molecule has 0 heterocycles. The minimum absolute atomic E-state index is 0.0324. The highest BCUT2D eigenvalue weighted by Crippen LogP contribution is 2.18. The lowest BCUT2D eigenvalue weighted by Gasteiger charge is -2.16. The third kappa shape index (κ3) is 9.55. The number of carbonyl (C=O) groups excluding carboxylic acids is 2. The summed E-state index contributed by atoms with van der Waals surface area (Å²) in [5.74, 6) is -1.19. The van der Waals surface area contributed by atoms with Gasteiger partial charge in [0.25, 0.3) is 5.91 Å². The van der Waals surface area contributed by atoms with E-state index >= 15 is 0 Å². The second kappa shape index (κ2) is 11.0. The van der Waals surface area contributed by atoms with E-state index in [4.69, 9.17) is 10.5 Å². The molecule has 2 aromatic rings. The fraction of sp³-hybridized carbons (Fsp3) is 0.333. The van der Waals surface area contributed by atoms with E-state index in [9.17, 15) is 18.4 Å². The molecular weight excluding hydrogens is 382 g/mol. The summed E-state index contributed by atoms with van der Waals surface area (Å²) < 4.78 is 36.8. The van der Waals surface area contributed by atoms with E-state index in [1.807, 2.05) is 0 Å². The van der Waals surface area contributed by atoms with Crippen LogP contribution in [0.4, 0.5) is 13.6 Å². The number of hydrogen-bond donors (Lipinski definition) is 2. The van der Waals surface area contributed by atoms with Gasteiger partial charge in [0.05, 0.1) is 5.56 Å². The van der Waals surface area contributed by atoms with E-state index in [0.29, 0.717) is 12.1 Å². The Morgan fingerprint density at radius 2 is 1.79 bits per heavy atom. The zero-order valence-corrected chi connectivity index (χ0v) is 16.9. The Morgan fingerprint density at radius 1 is 1.10 bits per heavy atom. The van der Waals surface area contributed by atoms with Crippen LogP contribution in [0.3, 0.4) is 0 Å². The van der Waals surface area contributed by atoms with Gasteiger partial charge in [0, 0.05) is 12.6 Å². The molecule has 6 nitrogen and oxygen atoms in total. The predicted molar refractivity (Wildman–Crippen MR) is 106 cm³/mol. The number of halogens is 2. The van der Waals surface area contributed by atoms with Crippen LogP contribution >= 0.6 is 0 Å². The zero-order valence-electron chi connectivity index (χ0n) is 16.9. The molecule has 0 aliphatic carbocycles. The molecule has 8 heteroatoms. The molecule has 0 aliphatic heterocycles. The molecule has 0 saturated heterocycles. The average molecular weight is 408 g/mol. The van der Waals surface area contributed by atoms with Gasteiger partial charge in [-0.05, 0) is 57.5 Å². The van der Waals surface area contributed by atoms with Crippen LogP contribution in [0.15, 0.2) is 42.5 Å². The van der Waals surface area contributed by atoms with Crippen LogP contribution in [0.2, 0.25) is 0 Å². The van der Waals surface area contributed by atoms with E-state index in [0.717, 1.165) is 6.07 Å². The molecule has 0 aliphatic rings. The number of nitrogens with two attached hydrogens (primary N) is 1. The molecular formula is C21H26F2N2O4. The lowest BCUT2D eigenvalue weighted by atomic mass is 10.2. The zero-order chi connectivity index (χ0) is 22.0. The second-order valence-electron chi connectivity index (χ2n) is 6.95. The highest BCUT2D eigenvalue weighted by Gasteiger charge is 2.13. The minimum Gasteiger partial charge on any atom is -0.489 e. The van der Waals surface area contributed by atoms with Crippen LogP contribution in [0, 0.1) is 11.6 Å². The van der Waals surface area contributed by atoms with E-state index in [1.54, 1.807) is 39.8 Å². The molecule has 0 bridgehead atoms. The molecule has 0 unspecified atom stereocenters. The first-order valence-electron chi connectivity index (χ1n) is 8.95. The van der Waals surface area contributed by atoms with Crippen molar-refractivity contribution in [1.82, 2.24) is 5.32 Å². The summed E-state index contributed by atoms with van der Waals surface area (Å²) in [6.07, 6.45) is -0.725. The van der Waals surface area contributed by atoms with Crippen molar-refractivity contribution in [3.05, 3.63) is 65.2 Å². The van der Waals surface area contributed by atoms with Crippen LogP contribution in [0.5, 0.6) is 5.75 Å². The first-order chi connectivity index (χ1) is 13.5. The number of ether oxygens (including phenoxy) is 2. The summed E-state index contributed by atoms with van der Waals surface area (Å²) in [5, 5.41) is 2.52. The summed E-state index contributed by atoms with van der Waals surface area (Å²) in [4.78, 5) is 21.6. The van der Waals surface area contributed by atoms with Crippen molar-refractivity contribution in [2.75, 3.05) is 6.54 Å². The number of nitrogens with one attached hydrogen (secondary N) is 1. The molecule has 0 saturated carbocycles. The fourth-order valence-electron chi connectivity index (χ4n) is 2.12. The molecule has 0 aromatic heterocycles. The molecule has 29 heavy (non-hydrogen) atoms. The maximum Gasteiger partial charge on any atom is 0.405 e. The summed E-state index contributed by atoms with van der Waals surface area (Å²) >= 11 is 0. The van der Waals surface area contributed by atoms with Crippen LogP contribution in [0.25, 0.3) is 0 Å². The largest absolute Gasteiger partial charge is 0.489 e. The first-order valence-corrected chi connectivity index (χ1v) is 8.95. The van der Waals surface area contributed by atoms with Crippen molar-refractivity contribution >= 4 is 12.0 Å². The van der Waals surface area contributed by atoms with Gasteiger partial charge in [0.15, 0.2) is 0 Å². The SMILES string of the molecule is CC(C)(C)OC(N)=O.CCNC(=O)c1ccc(OCc2cccc(F)c2)cc1F. The number of hydrogen-bond acceptors (Lipinski definition) is 4. The highest BCUT2D eigenvalue weighted by atomic mass is 19.1. The summed E-state index contributed by atoms with van der Waals surface area (Å²) in [6.45, 7) is 7.59. The van der Waals surface area contributed by atoms with Gasteiger partial charge in [0.1, 0.15) is 29.6 Å². The number of rotatable bonds is 5. The average Bonchev–Trinajstić information content (AvgIpc) is 2.58. The van der Waals surface area contributed by atoms with Crippen molar-refractivity contribution in [3.63, 3.8) is 0 Å². The van der Waals surface area contributed by atoms with Gasteiger partial charge in [-0.1, -0.05) is 12.1 Å². The smallest absolute Gasteiger partial charge is 0.405 e. The van der Waals surface area contributed by atoms with Gasteiger partial charge in [-0.25, -0.2) is 13.6 Å². The Balaban J connectivity index is 0.000000447. The van der Waals surface area contributed by atoms with Gasteiger partial charge in [-0.2, -0.15) is 0 Å². The van der Waals surface area contributed by atoms with Gasteiger partial charge >= 0.3 is 6.09 Å². The van der Waals surface area contributed by atoms with Crippen LogP contribution < -0.4 is 15.8 Å². The van der Waals surface area contributed by atoms with Crippen LogP contribution in [0.1, 0.15) is 43.6 Å². The maximum absolute atomic E-state index is 13.8. The Bertz CT molecular complexity index is 836. The lowest BCUT2D eigenvalue weighted by Crippen LogP contribution is -2.27. The number of primary amides is 1. The highest BCUT2D eigenvalue weighted by molar-refractivity contribution is 5.94. The molecule has 3 N–H and O–H groups in total. The van der Waals surface area contributed by atoms with Gasteiger partial charge in [-0.15, -0.1) is 0 Å². The van der Waals surface area contributed by atoms with Gasteiger partial charge in [-0.3, -0.25) is 4.79 Å². The van der Waals surface area contributed by atoms with Crippen molar-refractivity contribution in [2.24, 2.45) is 5.73 Å². The van der Waals surface area contributed by atoms with Gasteiger partial charge in [0.2, 0.25) is 0 Å². The normalized spacial score (nSPS) is 10.4. The molecule has 2 amide bonds. The summed E-state index contributed by atoms with van der Waals surface area (Å²) in [5.41, 5.74) is 4.87. The quantitative estimate of drug-likeness (QED) is 0.777. The predicted octanol–water partition coefficient (Wildman–Crippen LogP) is 4.17. The Morgan fingerprint density at radius 3 is 2.28 bits per heavy atom. The molecule has 2 rings (SSSR count). The Hall–Kier alpha value is -3.16. The number of amides is 2. The third-order valence-electron chi connectivity index (χ3n) is 3.22. The van der Waals surface area contributed by atoms with Crippen molar-refractivity contribution in [2.45, 2.75) is 39.9 Å². The molecule has 2 aromatic carbocycles. The Kier molecular flexibility index (Phi) is 9.05. The van der Waals surface area contributed by atoms with E-state index in [1.165, 1.54) is 24.3 Å². The van der Waals surface area contributed by atoms with Crippen molar-refractivity contribution in [1.29, 1.82) is 0 Å². The topological polar surface area (TPSA) is 90.6 Å². The third-order valence-corrected chi connectivity index (χ3v) is 3.22. The maximum atomic E-state index is 13.8. The number of benzene rings is 2. The van der Waals surface area contributed by atoms with Crippen LogP contribution in [-0.4, -0.2) is 24.1 Å². The number of carbonyl (C=O) groups is 2. The molecule has 0 spiro atoms. The standard InChI is InChI=1S/C16H15F2NO2.C5H11NO2/c1-2-19-16(20)14-7-6-13(9-15(14)18)21-10-11-4-3-5-12(17)8-11;1-5(2,3)8-4(6)7/h3-9H,2,10H2,1H3,(H,19,20);1-3H3,(H2,6,7). The Labute approximate surface area is 169 Å².